The van der Waals surface area contributed by atoms with Gasteiger partial charge in [0.15, 0.2) is 0 Å². The molecule has 1 fully saturated rings. The molecule has 0 unspecified atom stereocenters. The first-order valence-electron chi connectivity index (χ1n) is 7.68. The lowest BCUT2D eigenvalue weighted by atomic mass is 10.0. The van der Waals surface area contributed by atoms with Gasteiger partial charge in [-0.25, -0.2) is 4.39 Å². The standard InChI is InChI=1S/C17H23FN2O3/c1-12(21)20-10-14(16(11-20)23-3)8-17(22)19(2)9-13-6-4-5-7-15(13)18/h4-7,14,16H,8-11H2,1-3H3/t14-,16-/m0/s1. The van der Waals surface area contributed by atoms with Crippen molar-refractivity contribution in [3.8, 4) is 0 Å². The zero-order chi connectivity index (χ0) is 17.0. The SMILES string of the molecule is CO[C@H]1CN(C(C)=O)C[C@@H]1CC(=O)N(C)Cc1ccccc1F. The van der Waals surface area contributed by atoms with E-state index >= 15 is 0 Å². The molecule has 2 atom stereocenters. The number of benzene rings is 1. The molecular weight excluding hydrogens is 299 g/mol. The summed E-state index contributed by atoms with van der Waals surface area (Å²) in [4.78, 5) is 27.1. The molecular formula is C17H23FN2O3. The molecule has 0 radical (unpaired) electrons. The summed E-state index contributed by atoms with van der Waals surface area (Å²) in [5.74, 6) is -0.433. The summed E-state index contributed by atoms with van der Waals surface area (Å²) in [6.07, 6.45) is 0.150. The second kappa shape index (κ2) is 7.55. The number of methoxy groups -OCH3 is 1. The van der Waals surface area contributed by atoms with Crippen molar-refractivity contribution in [3.05, 3.63) is 35.6 Å². The highest BCUT2D eigenvalue weighted by atomic mass is 19.1. The second-order valence-electron chi connectivity index (χ2n) is 6.00. The summed E-state index contributed by atoms with van der Waals surface area (Å²) in [7, 11) is 3.25. The Morgan fingerprint density at radius 2 is 2.04 bits per heavy atom. The van der Waals surface area contributed by atoms with Gasteiger partial charge in [0.2, 0.25) is 11.8 Å². The Morgan fingerprint density at radius 1 is 1.35 bits per heavy atom. The number of likely N-dealkylation sites (tertiary alicyclic amines) is 1. The van der Waals surface area contributed by atoms with Crippen molar-refractivity contribution in [3.63, 3.8) is 0 Å². The number of hydrogen-bond donors (Lipinski definition) is 0. The predicted molar refractivity (Wildman–Crippen MR) is 84.0 cm³/mol. The summed E-state index contributed by atoms with van der Waals surface area (Å²) < 4.78 is 19.1. The Bertz CT molecular complexity index is 579. The maximum Gasteiger partial charge on any atom is 0.223 e. The molecule has 1 saturated heterocycles. The first-order chi connectivity index (χ1) is 10.9. The molecule has 1 heterocycles. The van der Waals surface area contributed by atoms with Crippen LogP contribution in [0.1, 0.15) is 18.9 Å². The first kappa shape index (κ1) is 17.4. The van der Waals surface area contributed by atoms with Crippen LogP contribution in [0.25, 0.3) is 0 Å². The van der Waals surface area contributed by atoms with Crippen molar-refractivity contribution in [2.75, 3.05) is 27.2 Å². The summed E-state index contributed by atoms with van der Waals surface area (Å²) in [6.45, 7) is 2.78. The van der Waals surface area contributed by atoms with Crippen molar-refractivity contribution in [2.24, 2.45) is 5.92 Å². The molecule has 2 amide bonds. The first-order valence-corrected chi connectivity index (χ1v) is 7.68. The Kier molecular flexibility index (Phi) is 5.71. The second-order valence-corrected chi connectivity index (χ2v) is 6.00. The van der Waals surface area contributed by atoms with E-state index in [1.165, 1.54) is 17.9 Å². The maximum atomic E-state index is 13.7. The number of ether oxygens (including phenoxy) is 1. The number of halogens is 1. The van der Waals surface area contributed by atoms with Gasteiger partial charge in [-0.1, -0.05) is 18.2 Å². The van der Waals surface area contributed by atoms with Gasteiger partial charge in [-0.05, 0) is 6.07 Å². The molecule has 0 saturated carbocycles. The fourth-order valence-corrected chi connectivity index (χ4v) is 2.91. The molecule has 0 aliphatic carbocycles. The van der Waals surface area contributed by atoms with E-state index in [-0.39, 0.29) is 42.6 Å². The molecule has 0 aromatic heterocycles. The quantitative estimate of drug-likeness (QED) is 0.828. The van der Waals surface area contributed by atoms with Crippen molar-refractivity contribution < 1.29 is 18.7 Å². The Morgan fingerprint density at radius 3 is 2.65 bits per heavy atom. The minimum atomic E-state index is -0.314. The third kappa shape index (κ3) is 4.28. The third-order valence-corrected chi connectivity index (χ3v) is 4.36. The van der Waals surface area contributed by atoms with Gasteiger partial charge in [-0.15, -0.1) is 0 Å². The highest BCUT2D eigenvalue weighted by molar-refractivity contribution is 5.77. The molecule has 5 nitrogen and oxygen atoms in total. The molecule has 0 N–H and O–H groups in total. The largest absolute Gasteiger partial charge is 0.379 e. The van der Waals surface area contributed by atoms with E-state index in [9.17, 15) is 14.0 Å². The van der Waals surface area contributed by atoms with Crippen LogP contribution in [0, 0.1) is 11.7 Å². The van der Waals surface area contributed by atoms with Crippen LogP contribution in [-0.2, 0) is 20.9 Å². The number of nitrogens with zero attached hydrogens (tertiary/aromatic N) is 2. The molecule has 1 aromatic carbocycles. The molecule has 6 heteroatoms. The van der Waals surface area contributed by atoms with Gasteiger partial charge in [0.1, 0.15) is 5.82 Å². The van der Waals surface area contributed by atoms with E-state index in [2.05, 4.69) is 0 Å². The number of hydrogen-bond acceptors (Lipinski definition) is 3. The molecule has 0 spiro atoms. The zero-order valence-electron chi connectivity index (χ0n) is 13.8. The number of rotatable bonds is 5. The molecule has 1 aliphatic rings. The third-order valence-electron chi connectivity index (χ3n) is 4.36. The van der Waals surface area contributed by atoms with E-state index in [1.807, 2.05) is 0 Å². The number of amides is 2. The van der Waals surface area contributed by atoms with E-state index in [0.29, 0.717) is 18.7 Å². The Hall–Kier alpha value is -1.95. The van der Waals surface area contributed by atoms with Crippen LogP contribution in [0.3, 0.4) is 0 Å². The van der Waals surface area contributed by atoms with Gasteiger partial charge in [-0.3, -0.25) is 9.59 Å². The molecule has 2 rings (SSSR count). The Labute approximate surface area is 136 Å². The van der Waals surface area contributed by atoms with Gasteiger partial charge >= 0.3 is 0 Å². The highest BCUT2D eigenvalue weighted by Crippen LogP contribution is 2.24. The van der Waals surface area contributed by atoms with Crippen LogP contribution < -0.4 is 0 Å². The normalized spacial score (nSPS) is 20.6. The molecule has 126 valence electrons. The van der Waals surface area contributed by atoms with E-state index in [1.54, 1.807) is 37.3 Å². The van der Waals surface area contributed by atoms with Crippen LogP contribution in [0.2, 0.25) is 0 Å². The minimum Gasteiger partial charge on any atom is -0.379 e. The lowest BCUT2D eigenvalue weighted by molar-refractivity contribution is -0.132. The van der Waals surface area contributed by atoms with Crippen LogP contribution >= 0.6 is 0 Å². The lowest BCUT2D eigenvalue weighted by Gasteiger charge is -2.21. The fourth-order valence-electron chi connectivity index (χ4n) is 2.91. The minimum absolute atomic E-state index is 0.0123. The average molecular weight is 322 g/mol. The smallest absolute Gasteiger partial charge is 0.223 e. The van der Waals surface area contributed by atoms with Crippen molar-refractivity contribution in [1.82, 2.24) is 9.80 Å². The monoisotopic (exact) mass is 322 g/mol. The van der Waals surface area contributed by atoms with Gasteiger partial charge < -0.3 is 14.5 Å². The molecule has 1 aromatic rings. The van der Waals surface area contributed by atoms with Crippen LogP contribution in [0.5, 0.6) is 0 Å². The zero-order valence-corrected chi connectivity index (χ0v) is 13.8. The fraction of sp³-hybridized carbons (Fsp3) is 0.529. The van der Waals surface area contributed by atoms with Crippen molar-refractivity contribution in [1.29, 1.82) is 0 Å². The van der Waals surface area contributed by atoms with E-state index in [0.717, 1.165) is 0 Å². The summed E-state index contributed by atoms with van der Waals surface area (Å²) >= 11 is 0. The van der Waals surface area contributed by atoms with Crippen LogP contribution in [0.15, 0.2) is 24.3 Å². The summed E-state index contributed by atoms with van der Waals surface area (Å²) in [6, 6.07) is 6.43. The molecule has 1 aliphatic heterocycles. The Balaban J connectivity index is 1.95. The van der Waals surface area contributed by atoms with Gasteiger partial charge in [0.25, 0.3) is 0 Å². The topological polar surface area (TPSA) is 49.9 Å². The maximum absolute atomic E-state index is 13.7. The van der Waals surface area contributed by atoms with Gasteiger partial charge in [0, 0.05) is 58.6 Å². The summed E-state index contributed by atoms with van der Waals surface area (Å²) in [5.41, 5.74) is 0.489. The van der Waals surface area contributed by atoms with Crippen molar-refractivity contribution in [2.45, 2.75) is 26.0 Å². The highest BCUT2D eigenvalue weighted by Gasteiger charge is 2.35. The average Bonchev–Trinajstić information content (AvgIpc) is 2.92. The molecule has 23 heavy (non-hydrogen) atoms. The lowest BCUT2D eigenvalue weighted by Crippen LogP contribution is -2.32. The van der Waals surface area contributed by atoms with Gasteiger partial charge in [0.05, 0.1) is 6.10 Å². The number of carbonyl (C=O) groups excluding carboxylic acids is 2. The van der Waals surface area contributed by atoms with Gasteiger partial charge in [-0.2, -0.15) is 0 Å². The summed E-state index contributed by atoms with van der Waals surface area (Å²) in [5, 5.41) is 0. The molecule has 0 bridgehead atoms. The van der Waals surface area contributed by atoms with E-state index < -0.39 is 0 Å². The number of carbonyl (C=O) groups is 2. The van der Waals surface area contributed by atoms with Crippen molar-refractivity contribution >= 4 is 11.8 Å². The van der Waals surface area contributed by atoms with Crippen LogP contribution in [-0.4, -0.2) is 55.0 Å². The van der Waals surface area contributed by atoms with Crippen LogP contribution in [0.4, 0.5) is 4.39 Å². The van der Waals surface area contributed by atoms with E-state index in [4.69, 9.17) is 4.74 Å². The predicted octanol–water partition coefficient (Wildman–Crippen LogP) is 1.67.